The summed E-state index contributed by atoms with van der Waals surface area (Å²) in [7, 11) is 1.67. The number of aromatic nitrogens is 2. The van der Waals surface area contributed by atoms with E-state index in [4.69, 9.17) is 4.74 Å². The van der Waals surface area contributed by atoms with Crippen LogP contribution in [0.2, 0.25) is 0 Å². The van der Waals surface area contributed by atoms with Crippen LogP contribution in [0.3, 0.4) is 0 Å². The van der Waals surface area contributed by atoms with Crippen LogP contribution in [0.4, 0.5) is 0 Å². The number of rotatable bonds is 2. The average Bonchev–Trinajstić information content (AvgIpc) is 2.65. The van der Waals surface area contributed by atoms with Gasteiger partial charge in [0.25, 0.3) is 0 Å². The van der Waals surface area contributed by atoms with Gasteiger partial charge in [-0.05, 0) is 18.9 Å². The summed E-state index contributed by atoms with van der Waals surface area (Å²) in [5.74, 6) is 1.15. The Morgan fingerprint density at radius 1 is 1.40 bits per heavy atom. The molecule has 0 aliphatic rings. The Morgan fingerprint density at radius 2 is 2.13 bits per heavy atom. The summed E-state index contributed by atoms with van der Waals surface area (Å²) < 4.78 is 5.34. The van der Waals surface area contributed by atoms with Crippen LogP contribution in [-0.2, 0) is 0 Å². The van der Waals surface area contributed by atoms with Crippen molar-refractivity contribution in [1.82, 2.24) is 9.97 Å². The number of ether oxygens (including phenoxy) is 1. The highest BCUT2D eigenvalue weighted by Gasteiger charge is 2.15. The summed E-state index contributed by atoms with van der Waals surface area (Å²) in [4.78, 5) is 7.68. The zero-order valence-electron chi connectivity index (χ0n) is 9.59. The Bertz CT molecular complexity index is 486. The van der Waals surface area contributed by atoms with E-state index in [1.54, 1.807) is 7.11 Å². The van der Waals surface area contributed by atoms with Gasteiger partial charge in [0.15, 0.2) is 0 Å². The third-order valence-electron chi connectivity index (χ3n) is 2.67. The number of aromatic amines is 1. The van der Waals surface area contributed by atoms with Crippen molar-refractivity contribution < 1.29 is 4.74 Å². The summed E-state index contributed by atoms with van der Waals surface area (Å²) in [6.07, 6.45) is 1.95. The lowest BCUT2D eigenvalue weighted by Gasteiger charge is -2.13. The zero-order chi connectivity index (χ0) is 11.0. The molecule has 0 radical (unpaired) electrons. The van der Waals surface area contributed by atoms with Crippen molar-refractivity contribution in [2.24, 2.45) is 0 Å². The molecule has 3 nitrogen and oxygen atoms in total. The third-order valence-corrected chi connectivity index (χ3v) is 2.67. The van der Waals surface area contributed by atoms with Crippen LogP contribution in [0.15, 0.2) is 12.3 Å². The smallest absolute Gasteiger partial charge is 0.217 e. The molecule has 2 aromatic heterocycles. The van der Waals surface area contributed by atoms with E-state index in [1.807, 2.05) is 13.1 Å². The highest BCUT2D eigenvalue weighted by Crippen LogP contribution is 2.32. The molecule has 0 spiro atoms. The molecular formula is C12H16N2O. The molecular weight excluding hydrogens is 188 g/mol. The molecule has 1 N–H and O–H groups in total. The molecule has 2 heterocycles. The molecule has 15 heavy (non-hydrogen) atoms. The molecule has 0 saturated carbocycles. The highest BCUT2D eigenvalue weighted by atomic mass is 16.5. The fourth-order valence-electron chi connectivity index (χ4n) is 1.99. The molecule has 0 aromatic carbocycles. The van der Waals surface area contributed by atoms with Crippen LogP contribution in [0, 0.1) is 6.92 Å². The van der Waals surface area contributed by atoms with Crippen LogP contribution < -0.4 is 4.74 Å². The average molecular weight is 204 g/mol. The molecule has 80 valence electrons. The largest absolute Gasteiger partial charge is 0.481 e. The lowest BCUT2D eigenvalue weighted by molar-refractivity contribution is 0.390. The first-order chi connectivity index (χ1) is 7.15. The Hall–Kier alpha value is -1.51. The van der Waals surface area contributed by atoms with Gasteiger partial charge < -0.3 is 9.72 Å². The molecule has 0 fully saturated rings. The van der Waals surface area contributed by atoms with Crippen molar-refractivity contribution in [2.75, 3.05) is 7.11 Å². The zero-order valence-corrected chi connectivity index (χ0v) is 9.59. The maximum Gasteiger partial charge on any atom is 0.217 e. The van der Waals surface area contributed by atoms with Crippen molar-refractivity contribution in [3.05, 3.63) is 23.5 Å². The third kappa shape index (κ3) is 1.48. The number of hydrogen-bond donors (Lipinski definition) is 1. The highest BCUT2D eigenvalue weighted by molar-refractivity contribution is 5.86. The maximum absolute atomic E-state index is 5.34. The van der Waals surface area contributed by atoms with Crippen molar-refractivity contribution in [3.63, 3.8) is 0 Å². The van der Waals surface area contributed by atoms with Crippen molar-refractivity contribution in [2.45, 2.75) is 26.7 Å². The second-order valence-electron chi connectivity index (χ2n) is 4.04. The summed E-state index contributed by atoms with van der Waals surface area (Å²) in [6.45, 7) is 6.30. The number of aryl methyl sites for hydroxylation is 1. The first-order valence-electron chi connectivity index (χ1n) is 5.16. The summed E-state index contributed by atoms with van der Waals surface area (Å²) >= 11 is 0. The maximum atomic E-state index is 5.34. The Labute approximate surface area is 89.5 Å². The minimum atomic E-state index is 0.409. The topological polar surface area (TPSA) is 37.9 Å². The van der Waals surface area contributed by atoms with Gasteiger partial charge in [0, 0.05) is 17.1 Å². The lowest BCUT2D eigenvalue weighted by Crippen LogP contribution is -2.00. The van der Waals surface area contributed by atoms with Gasteiger partial charge in [-0.15, -0.1) is 0 Å². The monoisotopic (exact) mass is 204 g/mol. The van der Waals surface area contributed by atoms with Crippen LogP contribution in [0.25, 0.3) is 10.9 Å². The van der Waals surface area contributed by atoms with Gasteiger partial charge in [0.2, 0.25) is 5.88 Å². The molecule has 3 heteroatoms. The predicted molar refractivity (Wildman–Crippen MR) is 61.5 cm³/mol. The number of H-pyrrole nitrogens is 1. The summed E-state index contributed by atoms with van der Waals surface area (Å²) in [5, 5.41) is 1.22. The Balaban J connectivity index is 2.83. The molecule has 0 aliphatic heterocycles. The minimum absolute atomic E-state index is 0.409. The van der Waals surface area contributed by atoms with E-state index in [0.29, 0.717) is 5.92 Å². The quantitative estimate of drug-likeness (QED) is 0.816. The normalized spacial score (nSPS) is 11.3. The van der Waals surface area contributed by atoms with E-state index in [9.17, 15) is 0 Å². The van der Waals surface area contributed by atoms with Crippen LogP contribution in [-0.4, -0.2) is 17.1 Å². The van der Waals surface area contributed by atoms with Crippen LogP contribution >= 0.6 is 0 Å². The fraction of sp³-hybridized carbons (Fsp3) is 0.417. The first-order valence-corrected chi connectivity index (χ1v) is 5.16. The molecule has 2 rings (SSSR count). The van der Waals surface area contributed by atoms with Gasteiger partial charge in [-0.1, -0.05) is 13.8 Å². The van der Waals surface area contributed by atoms with E-state index in [2.05, 4.69) is 29.9 Å². The molecule has 0 saturated heterocycles. The van der Waals surface area contributed by atoms with Crippen molar-refractivity contribution in [3.8, 4) is 5.88 Å². The van der Waals surface area contributed by atoms with E-state index in [0.717, 1.165) is 17.1 Å². The van der Waals surface area contributed by atoms with Gasteiger partial charge in [-0.3, -0.25) is 0 Å². The van der Waals surface area contributed by atoms with Gasteiger partial charge in [0.05, 0.1) is 18.3 Å². The minimum Gasteiger partial charge on any atom is -0.481 e. The van der Waals surface area contributed by atoms with Crippen molar-refractivity contribution >= 4 is 10.9 Å². The predicted octanol–water partition coefficient (Wildman–Crippen LogP) is 3.00. The number of hydrogen-bond acceptors (Lipinski definition) is 2. The Kier molecular flexibility index (Phi) is 2.39. The first kappa shape index (κ1) is 10.0. The number of methoxy groups -OCH3 is 1. The van der Waals surface area contributed by atoms with E-state index in [1.165, 1.54) is 10.9 Å². The molecule has 0 aliphatic carbocycles. The molecule has 0 atom stereocenters. The van der Waals surface area contributed by atoms with Gasteiger partial charge in [-0.25, -0.2) is 4.98 Å². The number of nitrogens with zero attached hydrogens (tertiary/aromatic N) is 1. The molecule has 2 aromatic rings. The second kappa shape index (κ2) is 3.57. The second-order valence-corrected chi connectivity index (χ2v) is 4.04. The van der Waals surface area contributed by atoms with E-state index >= 15 is 0 Å². The molecule has 0 bridgehead atoms. The molecule has 0 amide bonds. The van der Waals surface area contributed by atoms with Gasteiger partial charge >= 0.3 is 0 Å². The van der Waals surface area contributed by atoms with Crippen LogP contribution in [0.5, 0.6) is 5.88 Å². The number of pyridine rings is 1. The molecule has 0 unspecified atom stereocenters. The number of fused-ring (bicyclic) bond motifs is 1. The standard InChI is InChI=1S/C12H16N2O/c1-7(2)10-9-5-6-13-11(9)8(3)14-12(10)15-4/h5-7,13H,1-4H3. The van der Waals surface area contributed by atoms with E-state index in [-0.39, 0.29) is 0 Å². The van der Waals surface area contributed by atoms with Gasteiger partial charge in [0.1, 0.15) is 0 Å². The number of nitrogens with one attached hydrogen (secondary N) is 1. The SMILES string of the molecule is COc1nc(C)c2[nH]ccc2c1C(C)C. The summed E-state index contributed by atoms with van der Waals surface area (Å²) in [6, 6.07) is 2.09. The van der Waals surface area contributed by atoms with Gasteiger partial charge in [-0.2, -0.15) is 0 Å². The van der Waals surface area contributed by atoms with E-state index < -0.39 is 0 Å². The lowest BCUT2D eigenvalue weighted by atomic mass is 10.0. The fourth-order valence-corrected chi connectivity index (χ4v) is 1.99. The van der Waals surface area contributed by atoms with Crippen molar-refractivity contribution in [1.29, 1.82) is 0 Å². The summed E-state index contributed by atoms with van der Waals surface area (Å²) in [5.41, 5.74) is 3.27. The van der Waals surface area contributed by atoms with Crippen LogP contribution in [0.1, 0.15) is 31.0 Å². The Morgan fingerprint density at radius 3 is 2.73 bits per heavy atom.